The number of hydrogen-bond donors (Lipinski definition) is 0. The van der Waals surface area contributed by atoms with Crippen LogP contribution in [0.4, 0.5) is 0 Å². The van der Waals surface area contributed by atoms with Gasteiger partial charge in [0.25, 0.3) is 10.1 Å². The lowest BCUT2D eigenvalue weighted by atomic mass is 10.0. The van der Waals surface area contributed by atoms with Crippen molar-refractivity contribution in [1.82, 2.24) is 4.90 Å². The van der Waals surface area contributed by atoms with Crippen LogP contribution in [0.15, 0.2) is 43.0 Å². The highest BCUT2D eigenvalue weighted by atomic mass is 32.2. The van der Waals surface area contributed by atoms with Gasteiger partial charge in [0.15, 0.2) is 0 Å². The van der Waals surface area contributed by atoms with Crippen LogP contribution in [0, 0.1) is 5.92 Å². The van der Waals surface area contributed by atoms with Crippen LogP contribution in [0.3, 0.4) is 0 Å². The molecule has 1 aliphatic heterocycles. The molecular weight excluding hydrogens is 302 g/mol. The molecule has 1 saturated heterocycles. The molecule has 0 aliphatic carbocycles. The number of allylic oxidation sites excluding steroid dienone is 1. The fraction of sp³-hybridized carbons (Fsp3) is 0.438. The van der Waals surface area contributed by atoms with E-state index in [1.807, 2.05) is 30.3 Å². The van der Waals surface area contributed by atoms with Crippen LogP contribution in [-0.2, 0) is 25.6 Å². The fourth-order valence-corrected chi connectivity index (χ4v) is 3.12. The molecule has 0 radical (unpaired) electrons. The van der Waals surface area contributed by atoms with Crippen molar-refractivity contribution < 1.29 is 17.4 Å². The molecule has 1 heterocycles. The van der Waals surface area contributed by atoms with E-state index < -0.39 is 10.1 Å². The third-order valence-electron chi connectivity index (χ3n) is 3.75. The summed E-state index contributed by atoms with van der Waals surface area (Å²) in [7, 11) is -3.51. The third kappa shape index (κ3) is 4.42. The summed E-state index contributed by atoms with van der Waals surface area (Å²) >= 11 is 0. The molecule has 0 spiro atoms. The first-order valence-electron chi connectivity index (χ1n) is 7.20. The fourth-order valence-electron chi connectivity index (χ4n) is 2.72. The zero-order valence-corrected chi connectivity index (χ0v) is 13.5. The van der Waals surface area contributed by atoms with E-state index in [1.54, 1.807) is 11.0 Å². The molecule has 6 heteroatoms. The molecule has 1 fully saturated rings. The first kappa shape index (κ1) is 16.7. The Labute approximate surface area is 131 Å². The van der Waals surface area contributed by atoms with E-state index in [0.717, 1.165) is 11.8 Å². The van der Waals surface area contributed by atoms with Crippen molar-refractivity contribution in [2.24, 2.45) is 5.92 Å². The molecule has 0 bridgehead atoms. The van der Waals surface area contributed by atoms with Crippen LogP contribution in [0.5, 0.6) is 0 Å². The first-order chi connectivity index (χ1) is 10.4. The van der Waals surface area contributed by atoms with Gasteiger partial charge in [-0.2, -0.15) is 8.42 Å². The van der Waals surface area contributed by atoms with Crippen LogP contribution in [0.25, 0.3) is 0 Å². The second-order valence-corrected chi connectivity index (χ2v) is 7.20. The van der Waals surface area contributed by atoms with Crippen LogP contribution in [-0.4, -0.2) is 38.1 Å². The Kier molecular flexibility index (Phi) is 5.37. The normalized spacial score (nSPS) is 22.0. The molecule has 1 aromatic carbocycles. The second kappa shape index (κ2) is 7.07. The standard InChI is InChI=1S/C16H21NO4S/c1-3-7-14-10-15(12-21-22(2,19)20)17(16(14)18)11-13-8-5-4-6-9-13/h3-6,8-9,14-15H,1,7,10-12H2,2H3/t14-,15+/m1/s1. The topological polar surface area (TPSA) is 63.7 Å². The van der Waals surface area contributed by atoms with Gasteiger partial charge in [-0.1, -0.05) is 36.4 Å². The molecule has 0 N–H and O–H groups in total. The summed E-state index contributed by atoms with van der Waals surface area (Å²) in [5, 5.41) is 0. The van der Waals surface area contributed by atoms with Crippen molar-refractivity contribution in [2.45, 2.75) is 25.4 Å². The number of hydrogen-bond acceptors (Lipinski definition) is 4. The highest BCUT2D eigenvalue weighted by Gasteiger charge is 2.39. The molecule has 22 heavy (non-hydrogen) atoms. The molecule has 5 nitrogen and oxygen atoms in total. The van der Waals surface area contributed by atoms with Gasteiger partial charge in [-0.05, 0) is 18.4 Å². The van der Waals surface area contributed by atoms with Gasteiger partial charge in [-0.25, -0.2) is 0 Å². The van der Waals surface area contributed by atoms with Crippen molar-refractivity contribution >= 4 is 16.0 Å². The first-order valence-corrected chi connectivity index (χ1v) is 9.02. The molecule has 2 atom stereocenters. The molecule has 2 rings (SSSR count). The Morgan fingerprint density at radius 2 is 2.05 bits per heavy atom. The Balaban J connectivity index is 2.13. The average Bonchev–Trinajstić information content (AvgIpc) is 2.75. The average molecular weight is 323 g/mol. The monoisotopic (exact) mass is 323 g/mol. The van der Waals surface area contributed by atoms with E-state index >= 15 is 0 Å². The predicted octanol–water partition coefficient (Wildman–Crippen LogP) is 1.96. The molecule has 1 aromatic rings. The minimum absolute atomic E-state index is 0.00501. The zero-order chi connectivity index (χ0) is 16.2. The highest BCUT2D eigenvalue weighted by molar-refractivity contribution is 7.85. The maximum Gasteiger partial charge on any atom is 0.264 e. The number of amides is 1. The Bertz CT molecular complexity index is 627. The number of nitrogens with zero attached hydrogens (tertiary/aromatic N) is 1. The third-order valence-corrected chi connectivity index (χ3v) is 4.32. The van der Waals surface area contributed by atoms with Gasteiger partial charge in [0.05, 0.1) is 18.9 Å². The van der Waals surface area contributed by atoms with Gasteiger partial charge in [0.1, 0.15) is 0 Å². The maximum atomic E-state index is 12.5. The van der Waals surface area contributed by atoms with Gasteiger partial charge in [-0.3, -0.25) is 8.98 Å². The van der Waals surface area contributed by atoms with Gasteiger partial charge in [0, 0.05) is 12.5 Å². The van der Waals surface area contributed by atoms with E-state index in [-0.39, 0.29) is 24.5 Å². The summed E-state index contributed by atoms with van der Waals surface area (Å²) in [5.74, 6) is -0.111. The van der Waals surface area contributed by atoms with Crippen LogP contribution in [0.2, 0.25) is 0 Å². The molecule has 0 saturated carbocycles. The smallest absolute Gasteiger partial charge is 0.264 e. The lowest BCUT2D eigenvalue weighted by Crippen LogP contribution is -2.36. The van der Waals surface area contributed by atoms with Crippen LogP contribution >= 0.6 is 0 Å². The van der Waals surface area contributed by atoms with E-state index in [4.69, 9.17) is 4.18 Å². The van der Waals surface area contributed by atoms with Crippen molar-refractivity contribution in [1.29, 1.82) is 0 Å². The summed E-state index contributed by atoms with van der Waals surface area (Å²) in [5.41, 5.74) is 1.01. The lowest BCUT2D eigenvalue weighted by Gasteiger charge is -2.24. The predicted molar refractivity (Wildman–Crippen MR) is 84.5 cm³/mol. The van der Waals surface area contributed by atoms with Crippen molar-refractivity contribution in [3.63, 3.8) is 0 Å². The number of carbonyl (C=O) groups excluding carboxylic acids is 1. The SMILES string of the molecule is C=CC[C@@H]1C[C@@H](COS(C)(=O)=O)N(Cc2ccccc2)C1=O. The Hall–Kier alpha value is -1.66. The summed E-state index contributed by atoms with van der Waals surface area (Å²) in [6.07, 6.45) is 3.93. The molecule has 120 valence electrons. The Morgan fingerprint density at radius 1 is 1.36 bits per heavy atom. The van der Waals surface area contributed by atoms with Gasteiger partial charge in [-0.15, -0.1) is 6.58 Å². The number of benzene rings is 1. The van der Waals surface area contributed by atoms with E-state index in [2.05, 4.69) is 6.58 Å². The molecule has 1 aliphatic rings. The molecule has 0 unspecified atom stereocenters. The quantitative estimate of drug-likeness (QED) is 0.568. The van der Waals surface area contributed by atoms with Gasteiger partial charge < -0.3 is 4.90 Å². The van der Waals surface area contributed by atoms with E-state index in [1.165, 1.54) is 0 Å². The van der Waals surface area contributed by atoms with Crippen LogP contribution < -0.4 is 0 Å². The van der Waals surface area contributed by atoms with Gasteiger partial charge in [0.2, 0.25) is 5.91 Å². The molecule has 0 aromatic heterocycles. The number of carbonyl (C=O) groups is 1. The summed E-state index contributed by atoms with van der Waals surface area (Å²) < 4.78 is 27.3. The number of rotatable bonds is 7. The highest BCUT2D eigenvalue weighted by Crippen LogP contribution is 2.29. The van der Waals surface area contributed by atoms with Crippen molar-refractivity contribution in [2.75, 3.05) is 12.9 Å². The lowest BCUT2D eigenvalue weighted by molar-refractivity contribution is -0.132. The van der Waals surface area contributed by atoms with Crippen LogP contribution in [0.1, 0.15) is 18.4 Å². The molecule has 1 amide bonds. The van der Waals surface area contributed by atoms with E-state index in [9.17, 15) is 13.2 Å². The largest absolute Gasteiger partial charge is 0.333 e. The zero-order valence-electron chi connectivity index (χ0n) is 12.6. The van der Waals surface area contributed by atoms with E-state index in [0.29, 0.717) is 19.4 Å². The second-order valence-electron chi connectivity index (χ2n) is 5.55. The molecular formula is C16H21NO4S. The Morgan fingerprint density at radius 3 is 2.64 bits per heavy atom. The minimum atomic E-state index is -3.51. The summed E-state index contributed by atoms with van der Waals surface area (Å²) in [6, 6.07) is 9.41. The maximum absolute atomic E-state index is 12.5. The summed E-state index contributed by atoms with van der Waals surface area (Å²) in [4.78, 5) is 14.2. The van der Waals surface area contributed by atoms with Gasteiger partial charge >= 0.3 is 0 Å². The minimum Gasteiger partial charge on any atom is -0.333 e. The summed E-state index contributed by atoms with van der Waals surface area (Å²) in [6.45, 7) is 4.15. The number of likely N-dealkylation sites (tertiary alicyclic amines) is 1. The van der Waals surface area contributed by atoms with Crippen molar-refractivity contribution in [3.05, 3.63) is 48.6 Å². The van der Waals surface area contributed by atoms with Crippen molar-refractivity contribution in [3.8, 4) is 0 Å².